The molecule has 9 nitrogen and oxygen atoms in total. The fourth-order valence-corrected chi connectivity index (χ4v) is 4.52. The molecule has 0 saturated heterocycles. The van der Waals surface area contributed by atoms with Crippen molar-refractivity contribution in [1.29, 1.82) is 0 Å². The predicted molar refractivity (Wildman–Crippen MR) is 143 cm³/mol. The molecule has 2 N–H and O–H groups in total. The summed E-state index contributed by atoms with van der Waals surface area (Å²) in [5.41, 5.74) is 4.91. The highest BCUT2D eigenvalue weighted by Crippen LogP contribution is 2.31. The van der Waals surface area contributed by atoms with Gasteiger partial charge in [-0.15, -0.1) is 0 Å². The van der Waals surface area contributed by atoms with E-state index in [9.17, 15) is 14.4 Å². The third-order valence-corrected chi connectivity index (χ3v) is 6.30. The van der Waals surface area contributed by atoms with Crippen LogP contribution in [0.15, 0.2) is 52.0 Å². The SMILES string of the molecule is CCOC(=O)c1ccccc1NC(=O)c1oc2c(c1C)/C(=N/NC(=O)COc1ccc(Cl)cc1Cl)CCC2. The van der Waals surface area contributed by atoms with Crippen LogP contribution in [0.5, 0.6) is 5.75 Å². The van der Waals surface area contributed by atoms with E-state index in [0.717, 1.165) is 6.42 Å². The van der Waals surface area contributed by atoms with E-state index in [1.807, 2.05) is 0 Å². The number of carbonyl (C=O) groups is 3. The topological polar surface area (TPSA) is 119 Å². The number of halogens is 2. The Labute approximate surface area is 229 Å². The van der Waals surface area contributed by atoms with Crippen molar-refractivity contribution in [3.63, 3.8) is 0 Å². The molecule has 38 heavy (non-hydrogen) atoms. The molecule has 3 aromatic rings. The standard InChI is InChI=1S/C27H25Cl2N3O6/c1-3-36-27(35)17-7-4-5-8-19(17)30-26(34)25-15(2)24-20(9-6-10-22(24)38-25)31-32-23(33)14-37-21-12-11-16(28)13-18(21)29/h4-5,7-8,11-13H,3,6,9-10,14H2,1-2H3,(H,30,34)(H,32,33)/b31-20+. The van der Waals surface area contributed by atoms with Gasteiger partial charge in [-0.1, -0.05) is 35.3 Å². The van der Waals surface area contributed by atoms with Crippen LogP contribution in [0, 0.1) is 6.92 Å². The highest BCUT2D eigenvalue weighted by molar-refractivity contribution is 6.35. The van der Waals surface area contributed by atoms with Gasteiger partial charge in [0.1, 0.15) is 11.5 Å². The van der Waals surface area contributed by atoms with Crippen LogP contribution in [-0.4, -0.2) is 36.7 Å². The smallest absolute Gasteiger partial charge is 0.340 e. The van der Waals surface area contributed by atoms with Crippen molar-refractivity contribution < 1.29 is 28.3 Å². The fraction of sp³-hybridized carbons (Fsp3) is 0.259. The summed E-state index contributed by atoms with van der Waals surface area (Å²) in [5.74, 6) is -0.489. The number of fused-ring (bicyclic) bond motifs is 1. The average molecular weight is 558 g/mol. The van der Waals surface area contributed by atoms with Gasteiger partial charge in [-0.25, -0.2) is 10.2 Å². The number of ether oxygens (including phenoxy) is 2. The molecule has 0 unspecified atom stereocenters. The van der Waals surface area contributed by atoms with Gasteiger partial charge in [0.2, 0.25) is 0 Å². The van der Waals surface area contributed by atoms with Gasteiger partial charge in [0.15, 0.2) is 12.4 Å². The number of nitrogens with zero attached hydrogens (tertiary/aromatic N) is 1. The maximum atomic E-state index is 13.1. The summed E-state index contributed by atoms with van der Waals surface area (Å²) in [5, 5.41) is 7.77. The molecule has 1 heterocycles. The maximum absolute atomic E-state index is 13.1. The Morgan fingerprint density at radius 3 is 2.66 bits per heavy atom. The highest BCUT2D eigenvalue weighted by Gasteiger charge is 2.28. The van der Waals surface area contributed by atoms with E-state index in [1.165, 1.54) is 6.07 Å². The number of hydrogen-bond acceptors (Lipinski definition) is 7. The molecule has 0 fully saturated rings. The molecule has 0 saturated carbocycles. The number of anilines is 1. The average Bonchev–Trinajstić information content (AvgIpc) is 3.24. The van der Waals surface area contributed by atoms with Crippen LogP contribution >= 0.6 is 23.2 Å². The van der Waals surface area contributed by atoms with Crippen molar-refractivity contribution in [2.75, 3.05) is 18.5 Å². The summed E-state index contributed by atoms with van der Waals surface area (Å²) in [7, 11) is 0. The minimum absolute atomic E-state index is 0.107. The van der Waals surface area contributed by atoms with Crippen LogP contribution < -0.4 is 15.5 Å². The minimum atomic E-state index is -0.536. The normalized spacial score (nSPS) is 13.5. The first kappa shape index (κ1) is 27.2. The first-order valence-corrected chi connectivity index (χ1v) is 12.7. The number of aryl methyl sites for hydroxylation is 1. The van der Waals surface area contributed by atoms with Crippen molar-refractivity contribution in [2.45, 2.75) is 33.1 Å². The van der Waals surface area contributed by atoms with Gasteiger partial charge in [-0.3, -0.25) is 9.59 Å². The zero-order valence-electron chi connectivity index (χ0n) is 20.7. The number of esters is 1. The monoisotopic (exact) mass is 557 g/mol. The zero-order chi connectivity index (χ0) is 27.2. The van der Waals surface area contributed by atoms with E-state index in [-0.39, 0.29) is 24.5 Å². The molecule has 198 valence electrons. The van der Waals surface area contributed by atoms with Crippen LogP contribution in [-0.2, 0) is 16.0 Å². The summed E-state index contributed by atoms with van der Waals surface area (Å²) in [6.45, 7) is 3.37. The lowest BCUT2D eigenvalue weighted by molar-refractivity contribution is -0.123. The van der Waals surface area contributed by atoms with Crippen LogP contribution in [0.1, 0.15) is 57.6 Å². The number of nitrogens with one attached hydrogen (secondary N) is 2. The first-order chi connectivity index (χ1) is 18.3. The second kappa shape index (κ2) is 12.1. The Kier molecular flexibility index (Phi) is 8.70. The number of hydrazone groups is 1. The molecule has 0 radical (unpaired) electrons. The third-order valence-electron chi connectivity index (χ3n) is 5.77. The summed E-state index contributed by atoms with van der Waals surface area (Å²) >= 11 is 11.9. The van der Waals surface area contributed by atoms with Gasteiger partial charge in [0.25, 0.3) is 11.8 Å². The van der Waals surface area contributed by atoms with Crippen molar-refractivity contribution in [1.82, 2.24) is 5.43 Å². The number of benzene rings is 2. The number of rotatable bonds is 8. The summed E-state index contributed by atoms with van der Waals surface area (Å²) in [6, 6.07) is 11.3. The van der Waals surface area contributed by atoms with Crippen LogP contribution in [0.3, 0.4) is 0 Å². The van der Waals surface area contributed by atoms with Crippen LogP contribution in [0.2, 0.25) is 10.0 Å². The van der Waals surface area contributed by atoms with Gasteiger partial charge in [0, 0.05) is 22.6 Å². The Hall–Kier alpha value is -3.82. The molecule has 11 heteroatoms. The van der Waals surface area contributed by atoms with E-state index < -0.39 is 17.8 Å². The summed E-state index contributed by atoms with van der Waals surface area (Å²) in [4.78, 5) is 37.7. The lowest BCUT2D eigenvalue weighted by atomic mass is 9.93. The molecule has 1 aliphatic rings. The van der Waals surface area contributed by atoms with Gasteiger partial charge >= 0.3 is 5.97 Å². The Bertz CT molecular complexity index is 1420. The molecule has 0 bridgehead atoms. The number of furan rings is 1. The first-order valence-electron chi connectivity index (χ1n) is 11.9. The predicted octanol–water partition coefficient (Wildman–Crippen LogP) is 5.56. The van der Waals surface area contributed by atoms with E-state index in [4.69, 9.17) is 37.1 Å². The highest BCUT2D eigenvalue weighted by atomic mass is 35.5. The molecule has 0 spiro atoms. The second-order valence-electron chi connectivity index (χ2n) is 8.38. The lowest BCUT2D eigenvalue weighted by Gasteiger charge is -2.13. The van der Waals surface area contributed by atoms with Crippen molar-refractivity contribution in [3.05, 3.63) is 80.7 Å². The Morgan fingerprint density at radius 2 is 1.89 bits per heavy atom. The van der Waals surface area contributed by atoms with E-state index in [1.54, 1.807) is 50.2 Å². The quantitative estimate of drug-likeness (QED) is 0.276. The minimum Gasteiger partial charge on any atom is -0.482 e. The molecule has 1 aliphatic carbocycles. The largest absolute Gasteiger partial charge is 0.482 e. The fourth-order valence-electron chi connectivity index (χ4n) is 4.05. The van der Waals surface area contributed by atoms with E-state index >= 15 is 0 Å². The molecule has 2 aromatic carbocycles. The van der Waals surface area contributed by atoms with Crippen LogP contribution in [0.4, 0.5) is 5.69 Å². The summed E-state index contributed by atoms with van der Waals surface area (Å²) < 4.78 is 16.4. The van der Waals surface area contributed by atoms with E-state index in [2.05, 4.69) is 15.8 Å². The number of hydrogen-bond donors (Lipinski definition) is 2. The van der Waals surface area contributed by atoms with Gasteiger partial charge < -0.3 is 19.2 Å². The number of amides is 2. The van der Waals surface area contributed by atoms with Crippen molar-refractivity contribution in [2.24, 2.45) is 5.10 Å². The van der Waals surface area contributed by atoms with Crippen molar-refractivity contribution in [3.8, 4) is 5.75 Å². The van der Waals surface area contributed by atoms with E-state index in [0.29, 0.717) is 56.9 Å². The molecule has 0 atom stereocenters. The maximum Gasteiger partial charge on any atom is 0.340 e. The molecular formula is C27H25Cl2N3O6. The third kappa shape index (κ3) is 6.17. The lowest BCUT2D eigenvalue weighted by Crippen LogP contribution is -2.27. The zero-order valence-corrected chi connectivity index (χ0v) is 22.2. The van der Waals surface area contributed by atoms with Crippen LogP contribution in [0.25, 0.3) is 0 Å². The Balaban J connectivity index is 1.47. The van der Waals surface area contributed by atoms with Gasteiger partial charge in [-0.05, 0) is 57.0 Å². The van der Waals surface area contributed by atoms with Gasteiger partial charge in [-0.2, -0.15) is 5.10 Å². The number of carbonyl (C=O) groups excluding carboxylic acids is 3. The molecule has 2 amide bonds. The second-order valence-corrected chi connectivity index (χ2v) is 9.23. The Morgan fingerprint density at radius 1 is 1.11 bits per heavy atom. The molecule has 4 rings (SSSR count). The van der Waals surface area contributed by atoms with Crippen molar-refractivity contribution >= 4 is 52.4 Å². The molecular weight excluding hydrogens is 533 g/mol. The van der Waals surface area contributed by atoms with Gasteiger partial charge in [0.05, 0.1) is 28.6 Å². The number of para-hydroxylation sites is 1. The molecule has 0 aliphatic heterocycles. The molecule has 1 aromatic heterocycles. The summed E-state index contributed by atoms with van der Waals surface area (Å²) in [6.07, 6.45) is 1.94.